The van der Waals surface area contributed by atoms with Crippen LogP contribution in [0.2, 0.25) is 0 Å². The van der Waals surface area contributed by atoms with Crippen molar-refractivity contribution in [3.63, 3.8) is 0 Å². The van der Waals surface area contributed by atoms with Crippen LogP contribution in [0.3, 0.4) is 0 Å². The van der Waals surface area contributed by atoms with Crippen LogP contribution in [0.5, 0.6) is 0 Å². The zero-order valence-corrected chi connectivity index (χ0v) is 10.8. The average Bonchev–Trinajstić information content (AvgIpc) is 2.30. The number of nitrogens with one attached hydrogen (secondary N) is 1. The van der Waals surface area contributed by atoms with Gasteiger partial charge in [-0.3, -0.25) is 5.41 Å². The van der Waals surface area contributed by atoms with Gasteiger partial charge in [-0.15, -0.1) is 0 Å². The van der Waals surface area contributed by atoms with Crippen LogP contribution in [0.15, 0.2) is 30.3 Å². The second-order valence-corrected chi connectivity index (χ2v) is 5.44. The smallest absolute Gasteiger partial charge is 0.0990 e. The highest BCUT2D eigenvalue weighted by Gasteiger charge is 2.15. The molecule has 1 aromatic carbocycles. The van der Waals surface area contributed by atoms with Gasteiger partial charge < -0.3 is 5.73 Å². The Morgan fingerprint density at radius 2 is 2.00 bits per heavy atom. The van der Waals surface area contributed by atoms with Crippen molar-refractivity contribution in [2.24, 2.45) is 5.73 Å². The Balaban J connectivity index is 2.66. The number of rotatable bonds is 6. The normalized spacial score (nSPS) is 14.4. The van der Waals surface area contributed by atoms with E-state index in [2.05, 4.69) is 13.8 Å². The molecule has 3 heteroatoms. The molecule has 0 spiro atoms. The van der Waals surface area contributed by atoms with Crippen molar-refractivity contribution in [2.75, 3.05) is 5.75 Å². The lowest BCUT2D eigenvalue weighted by atomic mass is 10.0. The van der Waals surface area contributed by atoms with E-state index >= 15 is 0 Å². The van der Waals surface area contributed by atoms with E-state index in [1.165, 1.54) is 0 Å². The number of thioether (sulfide) groups is 1. The van der Waals surface area contributed by atoms with E-state index in [1.54, 1.807) is 0 Å². The Labute approximate surface area is 102 Å². The van der Waals surface area contributed by atoms with Gasteiger partial charge in [0.2, 0.25) is 0 Å². The summed E-state index contributed by atoms with van der Waals surface area (Å²) >= 11 is 1.89. The number of benzene rings is 1. The SMILES string of the molecule is CCC(C)SCC(C(=N)N)c1ccccc1. The molecule has 0 bridgehead atoms. The highest BCUT2D eigenvalue weighted by atomic mass is 32.2. The summed E-state index contributed by atoms with van der Waals surface area (Å²) in [6.45, 7) is 4.40. The van der Waals surface area contributed by atoms with Crippen molar-refractivity contribution >= 4 is 17.6 Å². The fourth-order valence-electron chi connectivity index (χ4n) is 1.43. The van der Waals surface area contributed by atoms with E-state index in [-0.39, 0.29) is 11.8 Å². The molecular formula is C13H20N2S. The summed E-state index contributed by atoms with van der Waals surface area (Å²) < 4.78 is 0. The fraction of sp³-hybridized carbons (Fsp3) is 0.462. The number of hydrogen-bond acceptors (Lipinski definition) is 2. The zero-order chi connectivity index (χ0) is 12.0. The van der Waals surface area contributed by atoms with Gasteiger partial charge in [0.25, 0.3) is 0 Å². The van der Waals surface area contributed by atoms with Gasteiger partial charge in [-0.05, 0) is 12.0 Å². The Kier molecular flexibility index (Phi) is 5.39. The highest BCUT2D eigenvalue weighted by Crippen LogP contribution is 2.24. The monoisotopic (exact) mass is 236 g/mol. The third-order valence-electron chi connectivity index (χ3n) is 2.70. The average molecular weight is 236 g/mol. The molecule has 1 aromatic rings. The Morgan fingerprint density at radius 1 is 1.38 bits per heavy atom. The van der Waals surface area contributed by atoms with Gasteiger partial charge in [0.15, 0.2) is 0 Å². The van der Waals surface area contributed by atoms with E-state index in [0.29, 0.717) is 5.25 Å². The van der Waals surface area contributed by atoms with E-state index in [9.17, 15) is 0 Å². The van der Waals surface area contributed by atoms with Crippen molar-refractivity contribution < 1.29 is 0 Å². The molecule has 88 valence electrons. The topological polar surface area (TPSA) is 49.9 Å². The molecule has 2 atom stereocenters. The highest BCUT2D eigenvalue weighted by molar-refractivity contribution is 7.99. The lowest BCUT2D eigenvalue weighted by molar-refractivity contribution is 0.898. The predicted octanol–water partition coefficient (Wildman–Crippen LogP) is 3.24. The van der Waals surface area contributed by atoms with Gasteiger partial charge in [-0.2, -0.15) is 11.8 Å². The molecule has 16 heavy (non-hydrogen) atoms. The first-order valence-corrected chi connectivity index (χ1v) is 6.70. The van der Waals surface area contributed by atoms with Crippen molar-refractivity contribution in [3.05, 3.63) is 35.9 Å². The van der Waals surface area contributed by atoms with Crippen molar-refractivity contribution in [1.29, 1.82) is 5.41 Å². The summed E-state index contributed by atoms with van der Waals surface area (Å²) in [5.41, 5.74) is 6.81. The first kappa shape index (κ1) is 13.1. The van der Waals surface area contributed by atoms with Crippen molar-refractivity contribution in [3.8, 4) is 0 Å². The molecule has 0 aliphatic heterocycles. The Bertz CT molecular complexity index is 324. The second kappa shape index (κ2) is 6.59. The van der Waals surface area contributed by atoms with E-state index < -0.39 is 0 Å². The molecule has 2 unspecified atom stereocenters. The quantitative estimate of drug-likeness (QED) is 0.588. The Hall–Kier alpha value is -0.960. The van der Waals surface area contributed by atoms with Crippen LogP contribution in [0.4, 0.5) is 0 Å². The van der Waals surface area contributed by atoms with Gasteiger partial charge in [-0.1, -0.05) is 44.2 Å². The summed E-state index contributed by atoms with van der Waals surface area (Å²) in [5.74, 6) is 1.22. The third kappa shape index (κ3) is 3.89. The fourth-order valence-corrected chi connectivity index (χ4v) is 2.56. The van der Waals surface area contributed by atoms with Crippen molar-refractivity contribution in [1.82, 2.24) is 0 Å². The van der Waals surface area contributed by atoms with Gasteiger partial charge in [-0.25, -0.2) is 0 Å². The minimum absolute atomic E-state index is 0.0557. The van der Waals surface area contributed by atoms with Gasteiger partial charge >= 0.3 is 0 Å². The molecular weight excluding hydrogens is 216 g/mol. The van der Waals surface area contributed by atoms with E-state index in [4.69, 9.17) is 11.1 Å². The summed E-state index contributed by atoms with van der Waals surface area (Å²) in [6, 6.07) is 10.1. The molecule has 3 N–H and O–H groups in total. The first-order valence-electron chi connectivity index (χ1n) is 5.65. The summed E-state index contributed by atoms with van der Waals surface area (Å²) in [7, 11) is 0. The maximum atomic E-state index is 7.65. The molecule has 0 aromatic heterocycles. The predicted molar refractivity (Wildman–Crippen MR) is 73.3 cm³/mol. The lowest BCUT2D eigenvalue weighted by Crippen LogP contribution is -2.23. The number of hydrogen-bond donors (Lipinski definition) is 2. The van der Waals surface area contributed by atoms with E-state index in [0.717, 1.165) is 17.7 Å². The molecule has 0 aliphatic carbocycles. The standard InChI is InChI=1S/C13H20N2S/c1-3-10(2)16-9-12(13(14)15)11-7-5-4-6-8-11/h4-8,10,12H,3,9H2,1-2H3,(H3,14,15). The van der Waals surface area contributed by atoms with Crippen LogP contribution < -0.4 is 5.73 Å². The number of amidine groups is 1. The first-order chi connectivity index (χ1) is 7.65. The molecule has 2 nitrogen and oxygen atoms in total. The van der Waals surface area contributed by atoms with Crippen molar-refractivity contribution in [2.45, 2.75) is 31.4 Å². The molecule has 0 amide bonds. The van der Waals surface area contributed by atoms with Crippen LogP contribution in [0, 0.1) is 5.41 Å². The molecule has 0 heterocycles. The summed E-state index contributed by atoms with van der Waals surface area (Å²) in [5, 5.41) is 8.29. The van der Waals surface area contributed by atoms with Crippen LogP contribution in [0.25, 0.3) is 0 Å². The summed E-state index contributed by atoms with van der Waals surface area (Å²) in [4.78, 5) is 0. The minimum Gasteiger partial charge on any atom is -0.387 e. The van der Waals surface area contributed by atoms with E-state index in [1.807, 2.05) is 42.1 Å². The van der Waals surface area contributed by atoms with Gasteiger partial charge in [0.05, 0.1) is 5.84 Å². The maximum absolute atomic E-state index is 7.65. The largest absolute Gasteiger partial charge is 0.387 e. The van der Waals surface area contributed by atoms with Gasteiger partial charge in [0.1, 0.15) is 0 Å². The molecule has 1 rings (SSSR count). The Morgan fingerprint density at radius 3 is 2.50 bits per heavy atom. The minimum atomic E-state index is 0.0557. The van der Waals surface area contributed by atoms with Crippen LogP contribution in [-0.4, -0.2) is 16.8 Å². The zero-order valence-electron chi connectivity index (χ0n) is 9.94. The second-order valence-electron chi connectivity index (χ2n) is 3.97. The summed E-state index contributed by atoms with van der Waals surface area (Å²) in [6.07, 6.45) is 1.16. The maximum Gasteiger partial charge on any atom is 0.0990 e. The molecule has 0 aliphatic rings. The van der Waals surface area contributed by atoms with Crippen LogP contribution in [0.1, 0.15) is 31.7 Å². The number of nitrogens with two attached hydrogens (primary N) is 1. The van der Waals surface area contributed by atoms with Crippen LogP contribution >= 0.6 is 11.8 Å². The molecule has 0 radical (unpaired) electrons. The van der Waals surface area contributed by atoms with Crippen LogP contribution in [-0.2, 0) is 0 Å². The van der Waals surface area contributed by atoms with Gasteiger partial charge in [0, 0.05) is 16.9 Å². The molecule has 0 saturated heterocycles. The molecule has 0 saturated carbocycles. The molecule has 0 fully saturated rings. The third-order valence-corrected chi connectivity index (χ3v) is 4.13. The lowest BCUT2D eigenvalue weighted by Gasteiger charge is -2.17.